The van der Waals surface area contributed by atoms with Crippen molar-refractivity contribution in [2.75, 3.05) is 13.7 Å². The Balaban J connectivity index is 1.70. The molecule has 1 aromatic heterocycles. The van der Waals surface area contributed by atoms with Crippen molar-refractivity contribution in [2.45, 2.75) is 52.0 Å². The lowest BCUT2D eigenvalue weighted by molar-refractivity contribution is -0.142. The van der Waals surface area contributed by atoms with Gasteiger partial charge in [0, 0.05) is 11.8 Å². The minimum absolute atomic E-state index is 0.113. The average molecular weight is 481 g/mol. The van der Waals surface area contributed by atoms with Gasteiger partial charge in [-0.1, -0.05) is 17.7 Å². The lowest BCUT2D eigenvalue weighted by atomic mass is 10.2. The molecule has 1 fully saturated rings. The standard InChI is InChI=1S/C21H28N3O8P/c1-13-5-7-16(8-6-13)32-33(28,23-15(3)20(26)29-4)30-12-17-9-10-18(31-17)24-11-14(2)19(25)22-21(24)27/h5-8,11,15,17-18H,9-10,12H2,1-4H3,(H,23,28)(H,22,25,27)/t15?,17-,18?,33?/m0/s1. The Labute approximate surface area is 190 Å². The molecule has 0 spiro atoms. The molecule has 0 aliphatic carbocycles. The summed E-state index contributed by atoms with van der Waals surface area (Å²) in [6.45, 7) is 4.86. The number of esters is 1. The van der Waals surface area contributed by atoms with Crippen molar-refractivity contribution in [3.05, 3.63) is 62.4 Å². The van der Waals surface area contributed by atoms with E-state index in [2.05, 4.69) is 14.8 Å². The van der Waals surface area contributed by atoms with Crippen LogP contribution in [-0.4, -0.2) is 41.4 Å². The Morgan fingerprint density at radius 3 is 2.64 bits per heavy atom. The Kier molecular flexibility index (Phi) is 7.91. The molecule has 1 saturated heterocycles. The van der Waals surface area contributed by atoms with Crippen LogP contribution in [0, 0.1) is 13.8 Å². The summed E-state index contributed by atoms with van der Waals surface area (Å²) in [7, 11) is -2.77. The monoisotopic (exact) mass is 481 g/mol. The number of aromatic nitrogens is 2. The summed E-state index contributed by atoms with van der Waals surface area (Å²) in [4.78, 5) is 37.8. The van der Waals surface area contributed by atoms with Crippen LogP contribution in [0.1, 0.15) is 37.1 Å². The van der Waals surface area contributed by atoms with Gasteiger partial charge in [-0.25, -0.2) is 9.36 Å². The molecule has 1 aromatic carbocycles. The number of nitrogens with one attached hydrogen (secondary N) is 2. The van der Waals surface area contributed by atoms with Gasteiger partial charge in [0.25, 0.3) is 5.56 Å². The molecule has 0 radical (unpaired) electrons. The van der Waals surface area contributed by atoms with E-state index < -0.39 is 43.3 Å². The van der Waals surface area contributed by atoms with Gasteiger partial charge in [0.15, 0.2) is 0 Å². The number of nitrogens with zero attached hydrogens (tertiary/aromatic N) is 1. The quantitative estimate of drug-likeness (QED) is 0.408. The van der Waals surface area contributed by atoms with E-state index in [0.29, 0.717) is 24.2 Å². The van der Waals surface area contributed by atoms with Crippen LogP contribution < -0.4 is 20.9 Å². The summed E-state index contributed by atoms with van der Waals surface area (Å²) in [6.07, 6.45) is 1.38. The van der Waals surface area contributed by atoms with E-state index in [1.807, 2.05) is 6.92 Å². The first-order valence-electron chi connectivity index (χ1n) is 10.4. The lowest BCUT2D eigenvalue weighted by Crippen LogP contribution is -2.35. The maximum Gasteiger partial charge on any atom is 0.459 e. The molecule has 11 nitrogen and oxygen atoms in total. The zero-order valence-corrected chi connectivity index (χ0v) is 19.8. The van der Waals surface area contributed by atoms with Crippen molar-refractivity contribution < 1.29 is 27.9 Å². The van der Waals surface area contributed by atoms with Gasteiger partial charge < -0.3 is 14.0 Å². The second kappa shape index (κ2) is 10.5. The van der Waals surface area contributed by atoms with Gasteiger partial charge in [0.1, 0.15) is 18.0 Å². The molecule has 2 heterocycles. The summed E-state index contributed by atoms with van der Waals surface area (Å²) in [5.74, 6) is -0.328. The van der Waals surface area contributed by atoms with E-state index in [1.165, 1.54) is 24.8 Å². The van der Waals surface area contributed by atoms with Gasteiger partial charge in [-0.2, -0.15) is 5.09 Å². The van der Waals surface area contributed by atoms with E-state index in [0.717, 1.165) is 5.56 Å². The number of ether oxygens (including phenoxy) is 2. The Hall–Kier alpha value is -2.72. The minimum atomic E-state index is -3.99. The third-order valence-corrected chi connectivity index (χ3v) is 6.77. The van der Waals surface area contributed by atoms with Crippen LogP contribution in [0.4, 0.5) is 0 Å². The smallest absolute Gasteiger partial charge is 0.459 e. The highest BCUT2D eigenvalue weighted by Gasteiger charge is 2.35. The normalized spacial score (nSPS) is 20.7. The van der Waals surface area contributed by atoms with E-state index >= 15 is 0 Å². The van der Waals surface area contributed by atoms with Gasteiger partial charge in [-0.15, -0.1) is 0 Å². The van der Waals surface area contributed by atoms with Crippen molar-refractivity contribution in [1.29, 1.82) is 0 Å². The largest absolute Gasteiger partial charge is 0.468 e. The molecular weight excluding hydrogens is 453 g/mol. The van der Waals surface area contributed by atoms with Crippen LogP contribution in [0.25, 0.3) is 0 Å². The summed E-state index contributed by atoms with van der Waals surface area (Å²) in [5, 5.41) is 2.58. The van der Waals surface area contributed by atoms with Gasteiger partial charge in [-0.05, 0) is 45.7 Å². The van der Waals surface area contributed by atoms with E-state index in [9.17, 15) is 18.9 Å². The second-order valence-electron chi connectivity index (χ2n) is 7.84. The zero-order chi connectivity index (χ0) is 24.2. The number of rotatable bonds is 9. The number of methoxy groups -OCH3 is 1. The third kappa shape index (κ3) is 6.42. The maximum absolute atomic E-state index is 13.4. The van der Waals surface area contributed by atoms with Gasteiger partial charge in [0.2, 0.25) is 0 Å². The van der Waals surface area contributed by atoms with Crippen LogP contribution >= 0.6 is 7.75 Å². The molecule has 2 N–H and O–H groups in total. The highest BCUT2D eigenvalue weighted by molar-refractivity contribution is 7.52. The number of carbonyl (C=O) groups excluding carboxylic acids is 1. The molecule has 33 heavy (non-hydrogen) atoms. The molecule has 180 valence electrons. The van der Waals surface area contributed by atoms with Crippen LogP contribution in [0.3, 0.4) is 0 Å². The van der Waals surface area contributed by atoms with Crippen molar-refractivity contribution >= 4 is 13.7 Å². The third-order valence-electron chi connectivity index (χ3n) is 5.12. The highest BCUT2D eigenvalue weighted by atomic mass is 31.2. The molecule has 0 amide bonds. The average Bonchev–Trinajstić information content (AvgIpc) is 3.25. The van der Waals surface area contributed by atoms with Gasteiger partial charge >= 0.3 is 19.4 Å². The maximum atomic E-state index is 13.4. The van der Waals surface area contributed by atoms with Crippen molar-refractivity contribution in [3.63, 3.8) is 0 Å². The SMILES string of the molecule is COC(=O)C(C)NP(=O)(OC[C@@H]1CCC(n2cc(C)c(=O)[nH]c2=O)O1)Oc1ccc(C)cc1. The Bertz CT molecular complexity index is 1140. The summed E-state index contributed by atoms with van der Waals surface area (Å²) >= 11 is 0. The van der Waals surface area contributed by atoms with Crippen molar-refractivity contribution in [2.24, 2.45) is 0 Å². The molecule has 2 aromatic rings. The first-order valence-corrected chi connectivity index (χ1v) is 12.0. The van der Waals surface area contributed by atoms with Crippen LogP contribution in [-0.2, 0) is 23.4 Å². The van der Waals surface area contributed by atoms with Gasteiger partial charge in [0.05, 0.1) is 19.8 Å². The van der Waals surface area contributed by atoms with Crippen LogP contribution in [0.5, 0.6) is 5.75 Å². The molecular formula is C21H28N3O8P. The number of benzene rings is 1. The first-order chi connectivity index (χ1) is 15.6. The molecule has 3 unspecified atom stereocenters. The number of aryl methyl sites for hydroxylation is 2. The Morgan fingerprint density at radius 2 is 1.97 bits per heavy atom. The molecule has 3 rings (SSSR count). The summed E-state index contributed by atoms with van der Waals surface area (Å²) < 4.78 is 36.5. The highest BCUT2D eigenvalue weighted by Crippen LogP contribution is 2.46. The number of H-pyrrole nitrogens is 1. The van der Waals surface area contributed by atoms with E-state index in [1.54, 1.807) is 31.2 Å². The fraction of sp³-hybridized carbons (Fsp3) is 0.476. The molecule has 1 aliphatic heterocycles. The number of carbonyl (C=O) groups is 1. The lowest BCUT2D eigenvalue weighted by Gasteiger charge is -2.24. The van der Waals surface area contributed by atoms with E-state index in [4.69, 9.17) is 13.8 Å². The van der Waals surface area contributed by atoms with Crippen molar-refractivity contribution in [3.8, 4) is 5.75 Å². The van der Waals surface area contributed by atoms with Gasteiger partial charge in [-0.3, -0.25) is 23.7 Å². The topological polar surface area (TPSA) is 138 Å². The molecule has 4 atom stereocenters. The molecule has 0 saturated carbocycles. The fourth-order valence-corrected chi connectivity index (χ4v) is 4.81. The summed E-state index contributed by atoms with van der Waals surface area (Å²) in [6, 6.07) is 5.91. The first kappa shape index (κ1) is 24.9. The molecule has 0 bridgehead atoms. The van der Waals surface area contributed by atoms with Crippen LogP contribution in [0.2, 0.25) is 0 Å². The fourth-order valence-electron chi connectivity index (χ4n) is 3.29. The number of aromatic amines is 1. The molecule has 12 heteroatoms. The number of hydrogen-bond acceptors (Lipinski definition) is 8. The predicted molar refractivity (Wildman–Crippen MR) is 119 cm³/mol. The molecule has 1 aliphatic rings. The zero-order valence-electron chi connectivity index (χ0n) is 18.9. The minimum Gasteiger partial charge on any atom is -0.468 e. The summed E-state index contributed by atoms with van der Waals surface area (Å²) in [5.41, 5.74) is 0.357. The second-order valence-corrected chi connectivity index (χ2v) is 9.53. The van der Waals surface area contributed by atoms with Crippen LogP contribution in [0.15, 0.2) is 40.1 Å². The van der Waals surface area contributed by atoms with E-state index in [-0.39, 0.29) is 6.61 Å². The Morgan fingerprint density at radius 1 is 1.27 bits per heavy atom. The number of hydrogen-bond donors (Lipinski definition) is 2. The predicted octanol–water partition coefficient (Wildman–Crippen LogP) is 2.19. The van der Waals surface area contributed by atoms with Crippen molar-refractivity contribution in [1.82, 2.24) is 14.6 Å².